The Hall–Kier alpha value is -0.450. The summed E-state index contributed by atoms with van der Waals surface area (Å²) in [5.41, 5.74) is 1.17. The van der Waals surface area contributed by atoms with Crippen molar-refractivity contribution in [2.75, 3.05) is 20.1 Å². The highest BCUT2D eigenvalue weighted by molar-refractivity contribution is 7.11. The van der Waals surface area contributed by atoms with E-state index in [0.29, 0.717) is 6.04 Å². The molecule has 1 aromatic rings. The standard InChI is InChI=1S/C11H21N3S/c1-8(13-7-5-6-12-4)11-9(2)14-10(3)15-11/h8,12-13H,5-7H2,1-4H3. The fraction of sp³-hybridized carbons (Fsp3) is 0.727. The Morgan fingerprint density at radius 1 is 1.33 bits per heavy atom. The molecule has 1 heterocycles. The van der Waals surface area contributed by atoms with Gasteiger partial charge in [0.2, 0.25) is 0 Å². The van der Waals surface area contributed by atoms with E-state index in [9.17, 15) is 0 Å². The minimum atomic E-state index is 0.424. The molecule has 0 spiro atoms. The second-order valence-corrected chi connectivity index (χ2v) is 5.05. The monoisotopic (exact) mass is 227 g/mol. The fourth-order valence-electron chi connectivity index (χ4n) is 1.63. The van der Waals surface area contributed by atoms with Gasteiger partial charge in [0, 0.05) is 10.9 Å². The Balaban J connectivity index is 2.39. The number of nitrogens with zero attached hydrogens (tertiary/aromatic N) is 1. The summed E-state index contributed by atoms with van der Waals surface area (Å²) in [6, 6.07) is 0.424. The van der Waals surface area contributed by atoms with Crippen LogP contribution in [0.5, 0.6) is 0 Å². The smallest absolute Gasteiger partial charge is 0.0900 e. The molecule has 0 fully saturated rings. The van der Waals surface area contributed by atoms with Gasteiger partial charge >= 0.3 is 0 Å². The Labute approximate surface area is 96.3 Å². The molecule has 1 unspecified atom stereocenters. The average Bonchev–Trinajstić information content (AvgIpc) is 2.52. The Kier molecular flexibility index (Phi) is 5.22. The maximum atomic E-state index is 4.44. The lowest BCUT2D eigenvalue weighted by molar-refractivity contribution is 0.553. The first-order chi connectivity index (χ1) is 7.15. The molecule has 4 heteroatoms. The van der Waals surface area contributed by atoms with Crippen LogP contribution in [0.1, 0.15) is 35.0 Å². The van der Waals surface area contributed by atoms with Gasteiger partial charge in [-0.1, -0.05) is 0 Å². The molecule has 0 radical (unpaired) electrons. The van der Waals surface area contributed by atoms with E-state index in [-0.39, 0.29) is 0 Å². The molecular weight excluding hydrogens is 206 g/mol. The zero-order valence-corrected chi connectivity index (χ0v) is 10.9. The van der Waals surface area contributed by atoms with Gasteiger partial charge < -0.3 is 10.6 Å². The van der Waals surface area contributed by atoms with Gasteiger partial charge in [-0.25, -0.2) is 4.98 Å². The van der Waals surface area contributed by atoms with Crippen molar-refractivity contribution in [2.45, 2.75) is 33.2 Å². The predicted molar refractivity (Wildman–Crippen MR) is 66.5 cm³/mol. The molecule has 1 atom stereocenters. The first-order valence-corrected chi connectivity index (χ1v) is 6.28. The molecule has 0 aliphatic rings. The summed E-state index contributed by atoms with van der Waals surface area (Å²) in [6.07, 6.45) is 1.16. The summed E-state index contributed by atoms with van der Waals surface area (Å²) in [6.45, 7) is 8.48. The SMILES string of the molecule is CNCCCNC(C)c1sc(C)nc1C. The molecule has 0 aliphatic carbocycles. The Bertz CT molecular complexity index is 296. The van der Waals surface area contributed by atoms with E-state index in [1.54, 1.807) is 11.3 Å². The molecule has 0 saturated heterocycles. The van der Waals surface area contributed by atoms with Gasteiger partial charge in [0.15, 0.2) is 0 Å². The summed E-state index contributed by atoms with van der Waals surface area (Å²) in [4.78, 5) is 5.81. The van der Waals surface area contributed by atoms with Crippen LogP contribution in [0.4, 0.5) is 0 Å². The molecule has 1 rings (SSSR count). The number of nitrogens with one attached hydrogen (secondary N) is 2. The maximum absolute atomic E-state index is 4.44. The molecular formula is C11H21N3S. The van der Waals surface area contributed by atoms with E-state index >= 15 is 0 Å². The first-order valence-electron chi connectivity index (χ1n) is 5.47. The third kappa shape index (κ3) is 3.89. The molecule has 0 aromatic carbocycles. The lowest BCUT2D eigenvalue weighted by atomic mass is 10.2. The third-order valence-electron chi connectivity index (χ3n) is 2.39. The van der Waals surface area contributed by atoms with Crippen LogP contribution in [0.25, 0.3) is 0 Å². The van der Waals surface area contributed by atoms with E-state index in [1.165, 1.54) is 10.6 Å². The van der Waals surface area contributed by atoms with E-state index in [2.05, 4.69) is 36.4 Å². The molecule has 1 aromatic heterocycles. The van der Waals surface area contributed by atoms with Gasteiger partial charge in [0.05, 0.1) is 10.7 Å². The van der Waals surface area contributed by atoms with Crippen LogP contribution in [0.2, 0.25) is 0 Å². The lowest BCUT2D eigenvalue weighted by Crippen LogP contribution is -2.22. The molecule has 86 valence electrons. The zero-order valence-electron chi connectivity index (χ0n) is 10.1. The molecule has 15 heavy (non-hydrogen) atoms. The van der Waals surface area contributed by atoms with Gasteiger partial charge in [-0.3, -0.25) is 0 Å². The summed E-state index contributed by atoms with van der Waals surface area (Å²) < 4.78 is 0. The third-order valence-corrected chi connectivity index (χ3v) is 3.64. The average molecular weight is 227 g/mol. The summed E-state index contributed by atoms with van der Waals surface area (Å²) >= 11 is 1.80. The van der Waals surface area contributed by atoms with E-state index in [4.69, 9.17) is 0 Å². The van der Waals surface area contributed by atoms with Crippen molar-refractivity contribution in [1.29, 1.82) is 0 Å². The number of rotatable bonds is 6. The quantitative estimate of drug-likeness (QED) is 0.730. The Morgan fingerprint density at radius 2 is 2.07 bits per heavy atom. The summed E-state index contributed by atoms with van der Waals surface area (Å²) in [5.74, 6) is 0. The summed E-state index contributed by atoms with van der Waals surface area (Å²) in [7, 11) is 1.99. The van der Waals surface area contributed by atoms with Crippen LogP contribution in [-0.2, 0) is 0 Å². The molecule has 0 bridgehead atoms. The second-order valence-electron chi connectivity index (χ2n) is 3.82. The number of aromatic nitrogens is 1. The van der Waals surface area contributed by atoms with Crippen molar-refractivity contribution in [2.24, 2.45) is 0 Å². The lowest BCUT2D eigenvalue weighted by Gasteiger charge is -2.12. The molecule has 0 aliphatic heterocycles. The van der Waals surface area contributed by atoms with Crippen LogP contribution in [0.15, 0.2) is 0 Å². The van der Waals surface area contributed by atoms with Crippen molar-refractivity contribution in [3.05, 3.63) is 15.6 Å². The van der Waals surface area contributed by atoms with Crippen molar-refractivity contribution in [1.82, 2.24) is 15.6 Å². The predicted octanol–water partition coefficient (Wildman–Crippen LogP) is 2.02. The van der Waals surface area contributed by atoms with Gasteiger partial charge in [-0.05, 0) is 47.3 Å². The van der Waals surface area contributed by atoms with Crippen molar-refractivity contribution in [3.63, 3.8) is 0 Å². The van der Waals surface area contributed by atoms with Crippen LogP contribution >= 0.6 is 11.3 Å². The van der Waals surface area contributed by atoms with Crippen LogP contribution < -0.4 is 10.6 Å². The van der Waals surface area contributed by atoms with Crippen LogP contribution in [-0.4, -0.2) is 25.1 Å². The van der Waals surface area contributed by atoms with E-state index < -0.39 is 0 Å². The van der Waals surface area contributed by atoms with Crippen molar-refractivity contribution >= 4 is 11.3 Å². The topological polar surface area (TPSA) is 37.0 Å². The molecule has 3 nitrogen and oxygen atoms in total. The maximum Gasteiger partial charge on any atom is 0.0900 e. The molecule has 2 N–H and O–H groups in total. The highest BCUT2D eigenvalue weighted by Gasteiger charge is 2.11. The Morgan fingerprint density at radius 3 is 2.60 bits per heavy atom. The van der Waals surface area contributed by atoms with Gasteiger partial charge in [0.1, 0.15) is 0 Å². The van der Waals surface area contributed by atoms with Crippen LogP contribution in [0.3, 0.4) is 0 Å². The number of thiazole rings is 1. The summed E-state index contributed by atoms with van der Waals surface area (Å²) in [5, 5.41) is 7.82. The first kappa shape index (κ1) is 12.6. The minimum Gasteiger partial charge on any atom is -0.320 e. The van der Waals surface area contributed by atoms with Gasteiger partial charge in [0.25, 0.3) is 0 Å². The van der Waals surface area contributed by atoms with Crippen LogP contribution in [0, 0.1) is 13.8 Å². The fourth-order valence-corrected chi connectivity index (χ4v) is 2.58. The highest BCUT2D eigenvalue weighted by atomic mass is 32.1. The molecule has 0 saturated carbocycles. The zero-order chi connectivity index (χ0) is 11.3. The van der Waals surface area contributed by atoms with E-state index in [1.807, 2.05) is 7.05 Å². The van der Waals surface area contributed by atoms with Crippen molar-refractivity contribution < 1.29 is 0 Å². The molecule has 0 amide bonds. The normalized spacial score (nSPS) is 13.1. The largest absolute Gasteiger partial charge is 0.320 e. The van der Waals surface area contributed by atoms with E-state index in [0.717, 1.165) is 24.5 Å². The second kappa shape index (κ2) is 6.20. The number of hydrogen-bond donors (Lipinski definition) is 2. The minimum absolute atomic E-state index is 0.424. The van der Waals surface area contributed by atoms with Gasteiger partial charge in [-0.15, -0.1) is 11.3 Å². The van der Waals surface area contributed by atoms with Gasteiger partial charge in [-0.2, -0.15) is 0 Å². The number of aryl methyl sites for hydroxylation is 2. The number of hydrogen-bond acceptors (Lipinski definition) is 4. The highest BCUT2D eigenvalue weighted by Crippen LogP contribution is 2.24. The van der Waals surface area contributed by atoms with Crippen molar-refractivity contribution in [3.8, 4) is 0 Å².